The molecule has 0 saturated heterocycles. The van der Waals surface area contributed by atoms with Gasteiger partial charge in [-0.2, -0.15) is 4.58 Å². The Morgan fingerprint density at radius 2 is 1.07 bits per heavy atom. The highest BCUT2D eigenvalue weighted by molar-refractivity contribution is 5.93. The summed E-state index contributed by atoms with van der Waals surface area (Å²) in [4.78, 5) is 0. The van der Waals surface area contributed by atoms with E-state index in [1.165, 1.54) is 126 Å². The van der Waals surface area contributed by atoms with Crippen LogP contribution in [0.5, 0.6) is 0 Å². The van der Waals surface area contributed by atoms with Crippen molar-refractivity contribution in [3.63, 3.8) is 0 Å². The van der Waals surface area contributed by atoms with Gasteiger partial charge < -0.3 is 0 Å². The summed E-state index contributed by atoms with van der Waals surface area (Å²) in [6, 6.07) is 8.99. The summed E-state index contributed by atoms with van der Waals surface area (Å²) in [7, 11) is 0. The lowest BCUT2D eigenvalue weighted by Gasteiger charge is -2.14. The molecule has 30 heavy (non-hydrogen) atoms. The molecule has 0 amide bonds. The molecule has 0 N–H and O–H groups in total. The highest BCUT2D eigenvalue weighted by Gasteiger charge is 2.42. The average Bonchev–Trinajstić information content (AvgIpc) is 2.94. The number of unbranched alkanes of at least 4 members (excludes halogenated alkanes) is 15. The van der Waals surface area contributed by atoms with Crippen LogP contribution in [0.3, 0.4) is 0 Å². The van der Waals surface area contributed by atoms with Crippen molar-refractivity contribution in [2.75, 3.05) is 6.54 Å². The van der Waals surface area contributed by atoms with Crippen LogP contribution in [-0.2, 0) is 5.41 Å². The van der Waals surface area contributed by atoms with Crippen LogP contribution in [0.4, 0.5) is 5.69 Å². The van der Waals surface area contributed by atoms with E-state index in [4.69, 9.17) is 0 Å². The minimum atomic E-state index is 0.186. The second-order valence-electron chi connectivity index (χ2n) is 10.2. The molecule has 1 aromatic rings. The van der Waals surface area contributed by atoms with Crippen LogP contribution in [0.2, 0.25) is 0 Å². The molecule has 1 aliphatic rings. The third-order valence-corrected chi connectivity index (χ3v) is 7.41. The van der Waals surface area contributed by atoms with Gasteiger partial charge in [-0.1, -0.05) is 115 Å². The van der Waals surface area contributed by atoms with Gasteiger partial charge in [0.1, 0.15) is 6.54 Å². The van der Waals surface area contributed by atoms with Crippen molar-refractivity contribution in [2.24, 2.45) is 0 Å². The number of benzene rings is 1. The lowest BCUT2D eigenvalue weighted by Crippen LogP contribution is -2.26. The van der Waals surface area contributed by atoms with Gasteiger partial charge in [0.2, 0.25) is 5.69 Å². The van der Waals surface area contributed by atoms with E-state index in [1.54, 1.807) is 0 Å². The highest BCUT2D eigenvalue weighted by Crippen LogP contribution is 2.39. The molecule has 0 aromatic heterocycles. The maximum absolute atomic E-state index is 2.58. The molecule has 2 rings (SSSR count). The molecule has 0 aliphatic carbocycles. The molecule has 1 aromatic carbocycles. The first-order valence-corrected chi connectivity index (χ1v) is 13.3. The lowest BCUT2D eigenvalue weighted by molar-refractivity contribution is -0.439. The summed E-state index contributed by atoms with van der Waals surface area (Å²) < 4.78 is 2.58. The Kier molecular flexibility index (Phi) is 11.8. The first-order chi connectivity index (χ1) is 14.6. The Morgan fingerprint density at radius 3 is 1.57 bits per heavy atom. The molecule has 1 heterocycles. The summed E-state index contributed by atoms with van der Waals surface area (Å²) in [6.07, 6.45) is 23.0. The fourth-order valence-electron chi connectivity index (χ4n) is 5.06. The Morgan fingerprint density at radius 1 is 0.633 bits per heavy atom. The van der Waals surface area contributed by atoms with Crippen LogP contribution in [-0.4, -0.2) is 16.8 Å². The second-order valence-corrected chi connectivity index (χ2v) is 10.2. The monoisotopic (exact) mass is 412 g/mol. The Balaban J connectivity index is 1.45. The molecule has 0 unspecified atom stereocenters. The molecule has 1 heteroatoms. The van der Waals surface area contributed by atoms with Gasteiger partial charge in [-0.05, 0) is 20.3 Å². The van der Waals surface area contributed by atoms with Gasteiger partial charge in [0.15, 0.2) is 5.71 Å². The molecule has 0 fully saturated rings. The number of hydrogen-bond donors (Lipinski definition) is 0. The summed E-state index contributed by atoms with van der Waals surface area (Å²) in [5.41, 5.74) is 4.65. The molecule has 1 aliphatic heterocycles. The summed E-state index contributed by atoms with van der Waals surface area (Å²) in [6.45, 7) is 10.6. The number of nitrogens with zero attached hydrogens (tertiary/aromatic N) is 1. The van der Waals surface area contributed by atoms with Gasteiger partial charge in [-0.25, -0.2) is 0 Å². The van der Waals surface area contributed by atoms with E-state index >= 15 is 0 Å². The third-order valence-electron chi connectivity index (χ3n) is 7.41. The number of fused-ring (bicyclic) bond motifs is 1. The van der Waals surface area contributed by atoms with E-state index in [0.29, 0.717) is 0 Å². The topological polar surface area (TPSA) is 3.01 Å². The molecule has 0 spiro atoms. The molecular formula is C29H50N+. The van der Waals surface area contributed by atoms with Gasteiger partial charge in [0.05, 0.1) is 5.41 Å². The SMILES string of the molecule is CCCCCCCCCCCCCCCCCC[N+]1=C(C)C(C)(C)c2ccccc21. The van der Waals surface area contributed by atoms with Crippen molar-refractivity contribution in [2.45, 2.75) is 136 Å². The number of hydrogen-bond acceptors (Lipinski definition) is 0. The van der Waals surface area contributed by atoms with Crippen LogP contribution in [0.1, 0.15) is 136 Å². The van der Waals surface area contributed by atoms with Gasteiger partial charge in [-0.15, -0.1) is 0 Å². The van der Waals surface area contributed by atoms with Crippen LogP contribution in [0.25, 0.3) is 0 Å². The molecule has 0 atom stereocenters. The largest absolute Gasteiger partial charge is 0.209 e. The van der Waals surface area contributed by atoms with Crippen LogP contribution < -0.4 is 0 Å². The van der Waals surface area contributed by atoms with Crippen molar-refractivity contribution < 1.29 is 4.58 Å². The van der Waals surface area contributed by atoms with E-state index in [1.807, 2.05) is 0 Å². The number of para-hydroxylation sites is 1. The summed E-state index contributed by atoms with van der Waals surface area (Å²) in [5, 5.41) is 0. The third kappa shape index (κ3) is 7.86. The predicted octanol–water partition coefficient (Wildman–Crippen LogP) is 9.34. The van der Waals surface area contributed by atoms with Crippen molar-refractivity contribution in [3.8, 4) is 0 Å². The van der Waals surface area contributed by atoms with Crippen molar-refractivity contribution in [3.05, 3.63) is 29.8 Å². The van der Waals surface area contributed by atoms with Crippen LogP contribution >= 0.6 is 0 Å². The minimum absolute atomic E-state index is 0.186. The fraction of sp³-hybridized carbons (Fsp3) is 0.759. The van der Waals surface area contributed by atoms with E-state index in [2.05, 4.69) is 56.5 Å². The molecule has 1 nitrogen and oxygen atoms in total. The molecule has 170 valence electrons. The van der Waals surface area contributed by atoms with Gasteiger partial charge in [-0.3, -0.25) is 0 Å². The normalized spacial score (nSPS) is 15.1. The summed E-state index contributed by atoms with van der Waals surface area (Å²) in [5.74, 6) is 0. The van der Waals surface area contributed by atoms with Crippen molar-refractivity contribution in [1.29, 1.82) is 0 Å². The molecular weight excluding hydrogens is 362 g/mol. The first-order valence-electron chi connectivity index (χ1n) is 13.3. The first kappa shape index (κ1) is 25.2. The maximum Gasteiger partial charge on any atom is 0.209 e. The molecule has 0 radical (unpaired) electrons. The molecule has 0 bridgehead atoms. The zero-order chi connectivity index (χ0) is 21.7. The van der Waals surface area contributed by atoms with Gasteiger partial charge in [0, 0.05) is 25.0 Å². The zero-order valence-electron chi connectivity index (χ0n) is 20.8. The quantitative estimate of drug-likeness (QED) is 0.177. The number of rotatable bonds is 17. The molecule has 0 saturated carbocycles. The summed E-state index contributed by atoms with van der Waals surface area (Å²) >= 11 is 0. The van der Waals surface area contributed by atoms with Crippen LogP contribution in [0.15, 0.2) is 24.3 Å². The lowest BCUT2D eigenvalue weighted by atomic mass is 9.82. The van der Waals surface area contributed by atoms with Crippen LogP contribution in [0, 0.1) is 0 Å². The van der Waals surface area contributed by atoms with Gasteiger partial charge >= 0.3 is 0 Å². The average molecular weight is 413 g/mol. The predicted molar refractivity (Wildman–Crippen MR) is 134 cm³/mol. The highest BCUT2D eigenvalue weighted by atomic mass is 15.1. The van der Waals surface area contributed by atoms with E-state index in [0.717, 1.165) is 0 Å². The Labute approximate surface area is 188 Å². The Bertz CT molecular complexity index is 625. The van der Waals surface area contributed by atoms with E-state index in [-0.39, 0.29) is 5.41 Å². The minimum Gasteiger partial charge on any atom is -0.199 e. The standard InChI is InChI=1S/C29H50N/c1-5-6-7-8-9-10-11-12-13-14-15-16-17-18-19-22-25-30-26(2)29(3,4)27-23-20-21-24-28(27)30/h20-21,23-24H,5-19,22,25H2,1-4H3/q+1. The van der Waals surface area contributed by atoms with E-state index in [9.17, 15) is 0 Å². The second kappa shape index (κ2) is 14.0. The van der Waals surface area contributed by atoms with Crippen molar-refractivity contribution >= 4 is 11.4 Å². The van der Waals surface area contributed by atoms with Crippen molar-refractivity contribution in [1.82, 2.24) is 0 Å². The maximum atomic E-state index is 2.58. The smallest absolute Gasteiger partial charge is 0.199 e. The van der Waals surface area contributed by atoms with Gasteiger partial charge in [0.25, 0.3) is 0 Å². The Hall–Kier alpha value is -1.11. The zero-order valence-corrected chi connectivity index (χ0v) is 20.8. The fourth-order valence-corrected chi connectivity index (χ4v) is 5.06. The van der Waals surface area contributed by atoms with E-state index < -0.39 is 0 Å².